The average molecular weight is 373 g/mol. The van der Waals surface area contributed by atoms with E-state index in [1.165, 1.54) is 6.07 Å². The Kier molecular flexibility index (Phi) is 5.29. The van der Waals surface area contributed by atoms with Gasteiger partial charge in [0, 0.05) is 51.3 Å². The summed E-state index contributed by atoms with van der Waals surface area (Å²) >= 11 is 0. The third-order valence-electron chi connectivity index (χ3n) is 6.00. The van der Waals surface area contributed by atoms with Crippen molar-refractivity contribution in [2.75, 3.05) is 19.7 Å². The monoisotopic (exact) mass is 373 g/mol. The molecule has 27 heavy (non-hydrogen) atoms. The van der Waals surface area contributed by atoms with E-state index in [2.05, 4.69) is 0 Å². The Labute approximate surface area is 158 Å². The number of rotatable bonds is 5. The predicted octanol–water partition coefficient (Wildman–Crippen LogP) is 1.01. The molecule has 2 amide bonds. The molecule has 0 N–H and O–H groups in total. The number of fused-ring (bicyclic) bond motifs is 1. The molecule has 0 aliphatic carbocycles. The number of hydrogen-bond acceptors (Lipinski definition) is 4. The van der Waals surface area contributed by atoms with E-state index in [-0.39, 0.29) is 35.6 Å². The van der Waals surface area contributed by atoms with Gasteiger partial charge < -0.3 is 19.1 Å². The molecule has 3 atom stereocenters. The van der Waals surface area contributed by atoms with Gasteiger partial charge in [-0.25, -0.2) is 0 Å². The van der Waals surface area contributed by atoms with Crippen LogP contribution in [-0.2, 0) is 20.9 Å². The lowest BCUT2D eigenvalue weighted by molar-refractivity contribution is -0.144. The summed E-state index contributed by atoms with van der Waals surface area (Å²) in [5.74, 6) is 0.0904. The maximum atomic E-state index is 13.0. The van der Waals surface area contributed by atoms with Crippen LogP contribution >= 0.6 is 0 Å². The fourth-order valence-corrected chi connectivity index (χ4v) is 4.65. The van der Waals surface area contributed by atoms with Crippen LogP contribution in [0.2, 0.25) is 0 Å². The number of likely N-dealkylation sites (tertiary alicyclic amines) is 2. The van der Waals surface area contributed by atoms with Crippen molar-refractivity contribution in [1.82, 2.24) is 14.4 Å². The molecule has 0 aromatic carbocycles. The first kappa shape index (κ1) is 18.2. The van der Waals surface area contributed by atoms with Gasteiger partial charge in [-0.3, -0.25) is 14.4 Å². The first-order valence-electron chi connectivity index (χ1n) is 10.0. The van der Waals surface area contributed by atoms with Crippen LogP contribution < -0.4 is 5.56 Å². The molecule has 146 valence electrons. The van der Waals surface area contributed by atoms with Crippen LogP contribution in [0.25, 0.3) is 0 Å². The zero-order valence-electron chi connectivity index (χ0n) is 15.6. The molecule has 7 heteroatoms. The highest BCUT2D eigenvalue weighted by Gasteiger charge is 2.50. The zero-order chi connectivity index (χ0) is 18.8. The third-order valence-corrected chi connectivity index (χ3v) is 6.00. The molecule has 0 radical (unpaired) electrons. The first-order valence-corrected chi connectivity index (χ1v) is 10.0. The number of amides is 2. The normalized spacial score (nSPS) is 27.2. The van der Waals surface area contributed by atoms with Crippen LogP contribution in [0.5, 0.6) is 0 Å². The van der Waals surface area contributed by atoms with Crippen molar-refractivity contribution in [3.05, 3.63) is 34.7 Å². The second-order valence-corrected chi connectivity index (χ2v) is 7.69. The van der Waals surface area contributed by atoms with Gasteiger partial charge in [-0.1, -0.05) is 6.07 Å². The fraction of sp³-hybridized carbons (Fsp3) is 0.650. The van der Waals surface area contributed by atoms with E-state index < -0.39 is 0 Å². The number of carbonyl (C=O) groups is 2. The van der Waals surface area contributed by atoms with Gasteiger partial charge in [0.25, 0.3) is 0 Å². The molecule has 1 aromatic rings. The van der Waals surface area contributed by atoms with Crippen molar-refractivity contribution < 1.29 is 14.3 Å². The average Bonchev–Trinajstić information content (AvgIpc) is 3.39. The first-order chi connectivity index (χ1) is 13.1. The molecule has 7 nitrogen and oxygen atoms in total. The zero-order valence-corrected chi connectivity index (χ0v) is 15.6. The summed E-state index contributed by atoms with van der Waals surface area (Å²) in [6.07, 6.45) is 6.16. The van der Waals surface area contributed by atoms with E-state index in [1.54, 1.807) is 16.8 Å². The molecule has 0 spiro atoms. The maximum absolute atomic E-state index is 13.0. The smallest absolute Gasteiger partial charge is 0.250 e. The van der Waals surface area contributed by atoms with Gasteiger partial charge >= 0.3 is 0 Å². The lowest BCUT2D eigenvalue weighted by atomic mass is 10.1. The van der Waals surface area contributed by atoms with Gasteiger partial charge in [0.05, 0.1) is 12.1 Å². The van der Waals surface area contributed by atoms with E-state index >= 15 is 0 Å². The Morgan fingerprint density at radius 3 is 2.78 bits per heavy atom. The molecule has 4 rings (SSSR count). The molecule has 0 saturated carbocycles. The summed E-state index contributed by atoms with van der Waals surface area (Å²) in [5.41, 5.74) is -0.0579. The van der Waals surface area contributed by atoms with Crippen LogP contribution in [0.1, 0.15) is 38.5 Å². The molecule has 0 bridgehead atoms. The highest BCUT2D eigenvalue weighted by molar-refractivity contribution is 5.89. The standard InChI is InChI=1S/C20H27N3O4/c24-18-6-1-2-9-21(18)12-5-7-19(25)23-15-8-13-27-17(15)14-16(23)20(26)22-10-3-4-11-22/h1-2,6,9,15-17H,3-5,7-8,10-14H2/t15-,16-,17-/m0/s1. The number of nitrogens with zero attached hydrogens (tertiary/aromatic N) is 3. The summed E-state index contributed by atoms with van der Waals surface area (Å²) in [5, 5.41) is 0. The van der Waals surface area contributed by atoms with E-state index in [1.807, 2.05) is 15.9 Å². The summed E-state index contributed by atoms with van der Waals surface area (Å²) < 4.78 is 7.40. The topological polar surface area (TPSA) is 71.8 Å². The second-order valence-electron chi connectivity index (χ2n) is 7.69. The van der Waals surface area contributed by atoms with Gasteiger partial charge in [-0.05, 0) is 31.7 Å². The highest BCUT2D eigenvalue weighted by Crippen LogP contribution is 2.35. The van der Waals surface area contributed by atoms with Gasteiger partial charge in [0.1, 0.15) is 6.04 Å². The molecule has 4 heterocycles. The minimum absolute atomic E-state index is 0.00882. The second kappa shape index (κ2) is 7.84. The summed E-state index contributed by atoms with van der Waals surface area (Å²) in [6, 6.07) is 4.68. The summed E-state index contributed by atoms with van der Waals surface area (Å²) in [6.45, 7) is 2.76. The minimum atomic E-state index is -0.384. The maximum Gasteiger partial charge on any atom is 0.250 e. The van der Waals surface area contributed by atoms with Gasteiger partial charge in [0.15, 0.2) is 0 Å². The quantitative estimate of drug-likeness (QED) is 0.772. The Balaban J connectivity index is 1.41. The minimum Gasteiger partial charge on any atom is -0.376 e. The van der Waals surface area contributed by atoms with Crippen molar-refractivity contribution in [2.24, 2.45) is 0 Å². The number of hydrogen-bond donors (Lipinski definition) is 0. The fourth-order valence-electron chi connectivity index (χ4n) is 4.65. The van der Waals surface area contributed by atoms with Gasteiger partial charge in [0.2, 0.25) is 17.4 Å². The van der Waals surface area contributed by atoms with Gasteiger partial charge in [-0.15, -0.1) is 0 Å². The van der Waals surface area contributed by atoms with Crippen LogP contribution in [0.3, 0.4) is 0 Å². The molecule has 1 aromatic heterocycles. The number of aromatic nitrogens is 1. The highest BCUT2D eigenvalue weighted by atomic mass is 16.5. The SMILES string of the molecule is O=C([C@@H]1C[C@@H]2OCC[C@@H]2N1C(=O)CCCn1ccccc1=O)N1CCCC1. The lowest BCUT2D eigenvalue weighted by Crippen LogP contribution is -2.49. The summed E-state index contributed by atoms with van der Waals surface area (Å²) in [7, 11) is 0. The Hall–Kier alpha value is -2.15. The van der Waals surface area contributed by atoms with E-state index in [0.717, 1.165) is 32.4 Å². The van der Waals surface area contributed by atoms with Crippen molar-refractivity contribution in [3.8, 4) is 0 Å². The molecular weight excluding hydrogens is 346 g/mol. The van der Waals surface area contributed by atoms with Gasteiger partial charge in [-0.2, -0.15) is 0 Å². The number of aryl methyl sites for hydroxylation is 1. The molecule has 3 saturated heterocycles. The number of pyridine rings is 1. The Morgan fingerprint density at radius 1 is 1.19 bits per heavy atom. The Bertz CT molecular complexity index is 756. The Morgan fingerprint density at radius 2 is 2.00 bits per heavy atom. The molecule has 3 aliphatic rings. The molecule has 0 unspecified atom stereocenters. The van der Waals surface area contributed by atoms with Crippen LogP contribution in [-0.4, -0.2) is 64.1 Å². The number of ether oxygens (including phenoxy) is 1. The van der Waals surface area contributed by atoms with Crippen molar-refractivity contribution in [1.29, 1.82) is 0 Å². The number of carbonyl (C=O) groups excluding carboxylic acids is 2. The van der Waals surface area contributed by atoms with Crippen LogP contribution in [0, 0.1) is 0 Å². The van der Waals surface area contributed by atoms with E-state index in [4.69, 9.17) is 4.74 Å². The van der Waals surface area contributed by atoms with Crippen molar-refractivity contribution in [2.45, 2.75) is 63.3 Å². The van der Waals surface area contributed by atoms with Crippen LogP contribution in [0.15, 0.2) is 29.2 Å². The predicted molar refractivity (Wildman–Crippen MR) is 99.1 cm³/mol. The van der Waals surface area contributed by atoms with E-state index in [0.29, 0.717) is 32.4 Å². The lowest BCUT2D eigenvalue weighted by Gasteiger charge is -2.31. The van der Waals surface area contributed by atoms with Crippen molar-refractivity contribution in [3.63, 3.8) is 0 Å². The van der Waals surface area contributed by atoms with Crippen LogP contribution in [0.4, 0.5) is 0 Å². The molecule has 3 fully saturated rings. The summed E-state index contributed by atoms with van der Waals surface area (Å²) in [4.78, 5) is 41.5. The third kappa shape index (κ3) is 3.65. The molecular formula is C20H27N3O4. The van der Waals surface area contributed by atoms with E-state index in [9.17, 15) is 14.4 Å². The largest absolute Gasteiger partial charge is 0.376 e. The molecule has 3 aliphatic heterocycles. The van der Waals surface area contributed by atoms with Crippen molar-refractivity contribution >= 4 is 11.8 Å².